The Kier molecular flexibility index (Phi) is 6.66. The van der Waals surface area contributed by atoms with Crippen LogP contribution in [0.4, 0.5) is 4.79 Å². The zero-order valence-electron chi connectivity index (χ0n) is 15.8. The summed E-state index contributed by atoms with van der Waals surface area (Å²) in [6, 6.07) is 0.0423. The minimum absolute atomic E-state index is 0.0423. The van der Waals surface area contributed by atoms with Crippen LogP contribution in [-0.2, 0) is 17.8 Å². The molecular formula is C18H32N4O2. The maximum Gasteiger partial charge on any atom is 0.317 e. The van der Waals surface area contributed by atoms with Gasteiger partial charge in [0.1, 0.15) is 0 Å². The quantitative estimate of drug-likeness (QED) is 0.869. The summed E-state index contributed by atoms with van der Waals surface area (Å²) in [5.74, 6) is 1.45. The van der Waals surface area contributed by atoms with Crippen molar-refractivity contribution in [2.24, 2.45) is 11.8 Å². The van der Waals surface area contributed by atoms with Crippen molar-refractivity contribution in [3.8, 4) is 0 Å². The van der Waals surface area contributed by atoms with Gasteiger partial charge in [-0.3, -0.25) is 4.68 Å². The summed E-state index contributed by atoms with van der Waals surface area (Å²) in [7, 11) is 1.69. The maximum absolute atomic E-state index is 12.4. The van der Waals surface area contributed by atoms with Crippen LogP contribution in [0.5, 0.6) is 0 Å². The molecule has 0 bridgehead atoms. The minimum Gasteiger partial charge on any atom is -0.383 e. The summed E-state index contributed by atoms with van der Waals surface area (Å²) >= 11 is 0. The number of piperidine rings is 1. The molecule has 1 aliphatic heterocycles. The summed E-state index contributed by atoms with van der Waals surface area (Å²) in [5.41, 5.74) is 3.18. The van der Waals surface area contributed by atoms with Gasteiger partial charge >= 0.3 is 6.03 Å². The predicted molar refractivity (Wildman–Crippen MR) is 94.9 cm³/mol. The molecule has 0 unspecified atom stereocenters. The number of methoxy groups -OCH3 is 1. The Morgan fingerprint density at radius 2 is 2.00 bits per heavy atom. The molecule has 6 nitrogen and oxygen atoms in total. The molecule has 0 saturated carbocycles. The van der Waals surface area contributed by atoms with Crippen LogP contribution in [0.25, 0.3) is 0 Å². The molecule has 1 aliphatic rings. The number of carbonyl (C=O) groups is 1. The van der Waals surface area contributed by atoms with E-state index >= 15 is 0 Å². The van der Waals surface area contributed by atoms with E-state index in [0.717, 1.165) is 55.3 Å². The first kappa shape index (κ1) is 18.8. The van der Waals surface area contributed by atoms with Gasteiger partial charge in [0, 0.05) is 38.0 Å². The molecule has 6 heteroatoms. The molecule has 1 aromatic heterocycles. The molecule has 0 radical (unpaired) electrons. The molecule has 0 aliphatic carbocycles. The highest BCUT2D eigenvalue weighted by Gasteiger charge is 2.24. The van der Waals surface area contributed by atoms with Crippen LogP contribution in [-0.4, -0.2) is 47.5 Å². The number of hydrogen-bond donors (Lipinski definition) is 1. The molecule has 2 rings (SSSR count). The first-order valence-electron chi connectivity index (χ1n) is 8.98. The van der Waals surface area contributed by atoms with Gasteiger partial charge in [-0.15, -0.1) is 0 Å². The zero-order chi connectivity index (χ0) is 17.7. The molecule has 0 aromatic carbocycles. The number of amides is 2. The van der Waals surface area contributed by atoms with Crippen molar-refractivity contribution < 1.29 is 9.53 Å². The van der Waals surface area contributed by atoms with Gasteiger partial charge in [-0.1, -0.05) is 13.8 Å². The first-order chi connectivity index (χ1) is 11.4. The van der Waals surface area contributed by atoms with Gasteiger partial charge in [-0.25, -0.2) is 4.79 Å². The van der Waals surface area contributed by atoms with E-state index in [1.54, 1.807) is 7.11 Å². The lowest BCUT2D eigenvalue weighted by Crippen LogP contribution is -2.44. The van der Waals surface area contributed by atoms with Gasteiger partial charge in [0.15, 0.2) is 0 Å². The lowest BCUT2D eigenvalue weighted by Gasteiger charge is -2.33. The molecule has 2 amide bonds. The summed E-state index contributed by atoms with van der Waals surface area (Å²) < 4.78 is 7.07. The third-order valence-electron chi connectivity index (χ3n) is 5.22. The van der Waals surface area contributed by atoms with Crippen LogP contribution in [0, 0.1) is 25.7 Å². The molecular weight excluding hydrogens is 304 g/mol. The van der Waals surface area contributed by atoms with Crippen molar-refractivity contribution in [3.05, 3.63) is 17.0 Å². The monoisotopic (exact) mass is 336 g/mol. The van der Waals surface area contributed by atoms with Crippen LogP contribution in [0.15, 0.2) is 0 Å². The number of urea groups is 1. The second-order valence-corrected chi connectivity index (χ2v) is 7.09. The Bertz CT molecular complexity index is 545. The van der Waals surface area contributed by atoms with Crippen molar-refractivity contribution in [1.29, 1.82) is 0 Å². The molecule has 1 N–H and O–H groups in total. The fraction of sp³-hybridized carbons (Fsp3) is 0.778. The molecule has 1 aromatic rings. The maximum atomic E-state index is 12.4. The molecule has 1 fully saturated rings. The fourth-order valence-corrected chi connectivity index (χ4v) is 3.43. The molecule has 0 atom stereocenters. The Morgan fingerprint density at radius 3 is 2.58 bits per heavy atom. The number of hydrogen-bond acceptors (Lipinski definition) is 3. The normalized spacial score (nSPS) is 16.0. The molecule has 24 heavy (non-hydrogen) atoms. The van der Waals surface area contributed by atoms with E-state index in [-0.39, 0.29) is 6.03 Å². The van der Waals surface area contributed by atoms with Crippen molar-refractivity contribution in [1.82, 2.24) is 20.0 Å². The van der Waals surface area contributed by atoms with Gasteiger partial charge in [-0.05, 0) is 38.5 Å². The number of aromatic nitrogens is 2. The molecule has 2 heterocycles. The van der Waals surface area contributed by atoms with Gasteiger partial charge in [0.05, 0.1) is 18.8 Å². The van der Waals surface area contributed by atoms with E-state index in [0.29, 0.717) is 19.1 Å². The lowest BCUT2D eigenvalue weighted by molar-refractivity contribution is 0.156. The van der Waals surface area contributed by atoms with Crippen LogP contribution in [0.3, 0.4) is 0 Å². The minimum atomic E-state index is 0.0423. The van der Waals surface area contributed by atoms with E-state index in [1.165, 1.54) is 0 Å². The van der Waals surface area contributed by atoms with Gasteiger partial charge < -0.3 is 15.0 Å². The second kappa shape index (κ2) is 8.51. The topological polar surface area (TPSA) is 59.4 Å². The largest absolute Gasteiger partial charge is 0.383 e. The Morgan fingerprint density at radius 1 is 1.33 bits per heavy atom. The third kappa shape index (κ3) is 4.50. The third-order valence-corrected chi connectivity index (χ3v) is 5.22. The SMILES string of the molecule is COCCn1nc(C)c(CNC(=O)N2CCC(C(C)C)CC2)c1C. The highest BCUT2D eigenvalue weighted by Crippen LogP contribution is 2.24. The average Bonchev–Trinajstić information content (AvgIpc) is 2.84. The van der Waals surface area contributed by atoms with Crippen molar-refractivity contribution in [2.45, 2.75) is 53.6 Å². The summed E-state index contributed by atoms with van der Waals surface area (Å²) in [5, 5.41) is 7.61. The summed E-state index contributed by atoms with van der Waals surface area (Å²) in [6.45, 7) is 12.2. The number of carbonyl (C=O) groups excluding carboxylic acids is 1. The second-order valence-electron chi connectivity index (χ2n) is 7.09. The van der Waals surface area contributed by atoms with Crippen LogP contribution in [0.1, 0.15) is 43.6 Å². The van der Waals surface area contributed by atoms with E-state index in [4.69, 9.17) is 4.74 Å². The van der Waals surface area contributed by atoms with Crippen molar-refractivity contribution in [2.75, 3.05) is 26.8 Å². The number of likely N-dealkylation sites (tertiary alicyclic amines) is 1. The highest BCUT2D eigenvalue weighted by molar-refractivity contribution is 5.74. The predicted octanol–water partition coefficient (Wildman–Crippen LogP) is 2.72. The van der Waals surface area contributed by atoms with Crippen LogP contribution < -0.4 is 5.32 Å². The summed E-state index contributed by atoms with van der Waals surface area (Å²) in [6.07, 6.45) is 2.22. The zero-order valence-corrected chi connectivity index (χ0v) is 15.8. The van der Waals surface area contributed by atoms with Crippen molar-refractivity contribution in [3.63, 3.8) is 0 Å². The van der Waals surface area contributed by atoms with E-state index in [1.807, 2.05) is 23.4 Å². The van der Waals surface area contributed by atoms with Gasteiger partial charge in [0.2, 0.25) is 0 Å². The molecule has 0 spiro atoms. The smallest absolute Gasteiger partial charge is 0.317 e. The Balaban J connectivity index is 1.87. The lowest BCUT2D eigenvalue weighted by atomic mass is 9.87. The Hall–Kier alpha value is -1.56. The standard InChI is InChI=1S/C18H32N4O2/c1-13(2)16-6-8-21(9-7-16)18(23)19-12-17-14(3)20-22(15(17)4)10-11-24-5/h13,16H,6-12H2,1-5H3,(H,19,23). The van der Waals surface area contributed by atoms with Crippen LogP contribution >= 0.6 is 0 Å². The van der Waals surface area contributed by atoms with Gasteiger partial charge in [0.25, 0.3) is 0 Å². The van der Waals surface area contributed by atoms with E-state index in [2.05, 4.69) is 24.3 Å². The number of nitrogens with one attached hydrogen (secondary N) is 1. The molecule has 1 saturated heterocycles. The highest BCUT2D eigenvalue weighted by atomic mass is 16.5. The number of nitrogens with zero attached hydrogens (tertiary/aromatic N) is 3. The first-order valence-corrected chi connectivity index (χ1v) is 8.98. The number of rotatable bonds is 6. The Labute approximate surface area is 145 Å². The number of ether oxygens (including phenoxy) is 1. The molecule has 136 valence electrons. The summed E-state index contributed by atoms with van der Waals surface area (Å²) in [4.78, 5) is 14.4. The van der Waals surface area contributed by atoms with E-state index in [9.17, 15) is 4.79 Å². The van der Waals surface area contributed by atoms with E-state index < -0.39 is 0 Å². The number of aryl methyl sites for hydroxylation is 1. The van der Waals surface area contributed by atoms with Gasteiger partial charge in [-0.2, -0.15) is 5.10 Å². The van der Waals surface area contributed by atoms with Crippen LogP contribution in [0.2, 0.25) is 0 Å². The average molecular weight is 336 g/mol. The fourth-order valence-electron chi connectivity index (χ4n) is 3.43. The van der Waals surface area contributed by atoms with Crippen molar-refractivity contribution >= 4 is 6.03 Å².